The van der Waals surface area contributed by atoms with Crippen LogP contribution in [0, 0.1) is 0 Å². The number of benzene rings is 2. The average molecular weight is 450 g/mol. The molecule has 8 heteroatoms. The van der Waals surface area contributed by atoms with Gasteiger partial charge in [-0.05, 0) is 55.7 Å². The predicted octanol–water partition coefficient (Wildman–Crippen LogP) is 4.54. The highest BCUT2D eigenvalue weighted by atomic mass is 35.5. The summed E-state index contributed by atoms with van der Waals surface area (Å²) >= 11 is 6.03. The summed E-state index contributed by atoms with van der Waals surface area (Å²) in [6.45, 7) is 2.93. The fraction of sp³-hybridized carbons (Fsp3) is 0.333. The van der Waals surface area contributed by atoms with Gasteiger partial charge in [0.05, 0.1) is 24.6 Å². The minimum atomic E-state index is -0.102. The lowest BCUT2D eigenvalue weighted by atomic mass is 10.0. The van der Waals surface area contributed by atoms with Crippen molar-refractivity contribution in [3.63, 3.8) is 0 Å². The van der Waals surface area contributed by atoms with Crippen molar-refractivity contribution in [1.82, 2.24) is 14.3 Å². The summed E-state index contributed by atoms with van der Waals surface area (Å²) in [4.78, 5) is 13.1. The normalized spacial score (nSPS) is 15.6. The van der Waals surface area contributed by atoms with E-state index in [0.29, 0.717) is 36.8 Å². The summed E-state index contributed by atoms with van der Waals surface area (Å²) < 4.78 is 9.03. The Kier molecular flexibility index (Phi) is 5.66. The van der Waals surface area contributed by atoms with Crippen molar-refractivity contribution in [1.29, 1.82) is 0 Å². The molecule has 0 atom stereocenters. The van der Waals surface area contributed by atoms with Crippen LogP contribution in [-0.2, 0) is 13.0 Å². The first kappa shape index (κ1) is 20.7. The maximum absolute atomic E-state index is 13.1. The van der Waals surface area contributed by atoms with Crippen LogP contribution in [0.2, 0.25) is 5.02 Å². The zero-order valence-corrected chi connectivity index (χ0v) is 18.6. The van der Waals surface area contributed by atoms with Crippen LogP contribution in [0.25, 0.3) is 11.4 Å². The first-order valence-corrected chi connectivity index (χ1v) is 11.3. The minimum Gasteiger partial charge on any atom is -0.494 e. The van der Waals surface area contributed by atoms with E-state index in [-0.39, 0.29) is 11.7 Å². The predicted molar refractivity (Wildman–Crippen MR) is 126 cm³/mol. The molecule has 0 unspecified atom stereocenters. The highest BCUT2D eigenvalue weighted by molar-refractivity contribution is 6.30. The van der Waals surface area contributed by atoms with Gasteiger partial charge in [-0.15, -0.1) is 5.10 Å². The molecule has 0 saturated heterocycles. The Morgan fingerprint density at radius 3 is 2.56 bits per heavy atom. The van der Waals surface area contributed by atoms with Crippen molar-refractivity contribution in [3.8, 4) is 17.1 Å². The summed E-state index contributed by atoms with van der Waals surface area (Å²) in [6, 6.07) is 15.6. The Morgan fingerprint density at radius 2 is 1.81 bits per heavy atom. The van der Waals surface area contributed by atoms with Crippen LogP contribution in [0.15, 0.2) is 63.5 Å². The van der Waals surface area contributed by atoms with Crippen LogP contribution in [0.3, 0.4) is 0 Å². The molecule has 0 spiro atoms. The summed E-state index contributed by atoms with van der Waals surface area (Å²) in [5.74, 6) is 1.55. The van der Waals surface area contributed by atoms with Crippen molar-refractivity contribution < 1.29 is 4.74 Å². The molecule has 0 amide bonds. The van der Waals surface area contributed by atoms with Crippen LogP contribution < -0.4 is 10.4 Å². The molecule has 0 bridgehead atoms. The molecule has 2 heterocycles. The summed E-state index contributed by atoms with van der Waals surface area (Å²) in [7, 11) is 0. The number of halogens is 1. The largest absolute Gasteiger partial charge is 0.494 e. The molecule has 32 heavy (non-hydrogen) atoms. The van der Waals surface area contributed by atoms with E-state index in [1.54, 1.807) is 4.57 Å². The smallest absolute Gasteiger partial charge is 0.346 e. The minimum absolute atomic E-state index is 0.102. The maximum atomic E-state index is 13.1. The van der Waals surface area contributed by atoms with E-state index in [2.05, 4.69) is 15.3 Å². The molecule has 1 saturated carbocycles. The molecule has 2 aliphatic rings. The third-order valence-electron chi connectivity index (χ3n) is 5.63. The number of ether oxygens (including phenoxy) is 1. The third-order valence-corrected chi connectivity index (χ3v) is 5.88. The van der Waals surface area contributed by atoms with Crippen molar-refractivity contribution in [3.05, 3.63) is 69.6 Å². The van der Waals surface area contributed by atoms with E-state index in [4.69, 9.17) is 16.3 Å². The van der Waals surface area contributed by atoms with Crippen molar-refractivity contribution in [2.24, 2.45) is 10.2 Å². The summed E-state index contributed by atoms with van der Waals surface area (Å²) in [5.41, 5.74) is 3.66. The Bertz CT molecular complexity index is 1250. The average Bonchev–Trinajstić information content (AvgIpc) is 3.45. The molecule has 1 aliphatic heterocycles. The number of rotatable bonds is 8. The lowest BCUT2D eigenvalue weighted by Gasteiger charge is -2.09. The van der Waals surface area contributed by atoms with Gasteiger partial charge >= 0.3 is 5.69 Å². The van der Waals surface area contributed by atoms with Gasteiger partial charge in [0, 0.05) is 29.5 Å². The zero-order chi connectivity index (χ0) is 22.1. The molecule has 5 rings (SSSR count). The fourth-order valence-electron chi connectivity index (χ4n) is 3.95. The Morgan fingerprint density at radius 1 is 1.06 bits per heavy atom. The zero-order valence-electron chi connectivity index (χ0n) is 17.9. The lowest BCUT2D eigenvalue weighted by Crippen LogP contribution is -2.27. The molecule has 0 radical (unpaired) electrons. The summed E-state index contributed by atoms with van der Waals surface area (Å²) in [5, 5.41) is 14.0. The molecular formula is C24H24ClN5O2. The third kappa shape index (κ3) is 4.25. The first-order chi connectivity index (χ1) is 15.6. The van der Waals surface area contributed by atoms with Gasteiger partial charge in [0.2, 0.25) is 0 Å². The van der Waals surface area contributed by atoms with Gasteiger partial charge in [-0.1, -0.05) is 29.8 Å². The molecule has 1 aliphatic carbocycles. The van der Waals surface area contributed by atoms with E-state index in [9.17, 15) is 4.79 Å². The van der Waals surface area contributed by atoms with Crippen molar-refractivity contribution in [2.75, 3.05) is 6.61 Å². The molecule has 2 aromatic carbocycles. The second kappa shape index (κ2) is 8.74. The highest BCUT2D eigenvalue weighted by Crippen LogP contribution is 2.36. The monoisotopic (exact) mass is 449 g/mol. The van der Waals surface area contributed by atoms with E-state index >= 15 is 0 Å². The first-order valence-electron chi connectivity index (χ1n) is 10.9. The van der Waals surface area contributed by atoms with Crippen molar-refractivity contribution in [2.45, 2.75) is 45.2 Å². The number of nitrogens with zero attached hydrogens (tertiary/aromatic N) is 5. The van der Waals surface area contributed by atoms with E-state index in [0.717, 1.165) is 41.1 Å². The number of hydrogen-bond acceptors (Lipinski definition) is 5. The lowest BCUT2D eigenvalue weighted by molar-refractivity contribution is 0.337. The van der Waals surface area contributed by atoms with Gasteiger partial charge < -0.3 is 4.74 Å². The molecule has 1 fully saturated rings. The highest BCUT2D eigenvalue weighted by Gasteiger charge is 2.31. The van der Waals surface area contributed by atoms with Crippen LogP contribution >= 0.6 is 11.6 Å². The Balaban J connectivity index is 1.32. The quantitative estimate of drug-likeness (QED) is 0.506. The number of hydrogen-bond donors (Lipinski definition) is 0. The van der Waals surface area contributed by atoms with E-state index < -0.39 is 0 Å². The molecule has 7 nitrogen and oxygen atoms in total. The Labute approximate surface area is 191 Å². The second-order valence-corrected chi connectivity index (χ2v) is 8.54. The summed E-state index contributed by atoms with van der Waals surface area (Å²) in [6.07, 6.45) is 3.29. The maximum Gasteiger partial charge on any atom is 0.346 e. The van der Waals surface area contributed by atoms with Gasteiger partial charge in [-0.3, -0.25) is 4.57 Å². The Hall–Kier alpha value is -3.19. The molecule has 0 N–H and O–H groups in total. The van der Waals surface area contributed by atoms with E-state index in [1.165, 1.54) is 4.68 Å². The van der Waals surface area contributed by atoms with E-state index in [1.807, 2.05) is 55.5 Å². The SMILES string of the molecule is CCOc1ccccc1CC1=NN=C(Cn2nc(-c3ccc(Cl)cc3)n(C3CC3)c2=O)C1. The van der Waals surface area contributed by atoms with Crippen molar-refractivity contribution >= 4 is 23.0 Å². The van der Waals surface area contributed by atoms with Gasteiger partial charge in [-0.2, -0.15) is 10.2 Å². The van der Waals surface area contributed by atoms with Crippen LogP contribution in [0.4, 0.5) is 0 Å². The number of para-hydroxylation sites is 1. The standard InChI is InChI=1S/C24H24ClN5O2/c1-2-32-22-6-4-3-5-17(22)13-19-14-20(27-26-19)15-29-24(31)30(21-11-12-21)23(28-29)16-7-9-18(25)10-8-16/h3-10,21H,2,11-15H2,1H3. The molecule has 164 valence electrons. The van der Waals surface area contributed by atoms with Crippen LogP contribution in [0.5, 0.6) is 5.75 Å². The van der Waals surface area contributed by atoms with Gasteiger partial charge in [0.25, 0.3) is 0 Å². The van der Waals surface area contributed by atoms with Gasteiger partial charge in [0.15, 0.2) is 5.82 Å². The molecular weight excluding hydrogens is 426 g/mol. The second-order valence-electron chi connectivity index (χ2n) is 8.10. The van der Waals surface area contributed by atoms with Crippen LogP contribution in [0.1, 0.15) is 37.8 Å². The fourth-order valence-corrected chi connectivity index (χ4v) is 4.08. The molecule has 3 aromatic rings. The molecule has 1 aromatic heterocycles. The number of aromatic nitrogens is 3. The van der Waals surface area contributed by atoms with Gasteiger partial charge in [-0.25, -0.2) is 9.48 Å². The van der Waals surface area contributed by atoms with Gasteiger partial charge in [0.1, 0.15) is 5.75 Å². The topological polar surface area (TPSA) is 73.8 Å². The van der Waals surface area contributed by atoms with Crippen LogP contribution in [-0.4, -0.2) is 32.4 Å².